The molecule has 6 heteroatoms. The van der Waals surface area contributed by atoms with Crippen LogP contribution < -0.4 is 5.32 Å². The second-order valence-corrected chi connectivity index (χ2v) is 3.50. The van der Waals surface area contributed by atoms with Crippen molar-refractivity contribution in [2.45, 2.75) is 20.0 Å². The van der Waals surface area contributed by atoms with E-state index in [1.807, 2.05) is 20.0 Å². The molecule has 0 unspecified atom stereocenters. The zero-order chi connectivity index (χ0) is 11.4. The average Bonchev–Trinajstić information content (AvgIpc) is 2.65. The highest BCUT2D eigenvalue weighted by molar-refractivity contribution is 5.01. The van der Waals surface area contributed by atoms with Crippen LogP contribution in [0.5, 0.6) is 0 Å². The van der Waals surface area contributed by atoms with Crippen molar-refractivity contribution >= 4 is 0 Å². The van der Waals surface area contributed by atoms with Crippen LogP contribution in [-0.4, -0.2) is 24.7 Å². The number of aromatic nitrogens is 5. The second-order valence-electron chi connectivity index (χ2n) is 3.50. The molecule has 6 nitrogen and oxygen atoms in total. The van der Waals surface area contributed by atoms with Crippen LogP contribution in [0.2, 0.25) is 0 Å². The Labute approximate surface area is 93.8 Å². The predicted octanol–water partition coefficient (Wildman–Crippen LogP) is 0.203. The summed E-state index contributed by atoms with van der Waals surface area (Å²) in [6.45, 7) is 3.27. The molecule has 0 radical (unpaired) electrons. The van der Waals surface area contributed by atoms with Crippen LogP contribution >= 0.6 is 0 Å². The van der Waals surface area contributed by atoms with Crippen molar-refractivity contribution in [3.8, 4) is 0 Å². The summed E-state index contributed by atoms with van der Waals surface area (Å²) >= 11 is 0. The third-order valence-corrected chi connectivity index (χ3v) is 2.23. The minimum atomic E-state index is 0.680. The summed E-state index contributed by atoms with van der Waals surface area (Å²) in [5.41, 5.74) is 0.981. The van der Waals surface area contributed by atoms with Crippen molar-refractivity contribution in [2.75, 3.05) is 0 Å². The minimum Gasteiger partial charge on any atom is -0.304 e. The third kappa shape index (κ3) is 2.60. The Morgan fingerprint density at radius 3 is 2.88 bits per heavy atom. The van der Waals surface area contributed by atoms with Gasteiger partial charge in [0.1, 0.15) is 18.0 Å². The zero-order valence-corrected chi connectivity index (χ0v) is 9.38. The molecule has 0 saturated carbocycles. The van der Waals surface area contributed by atoms with Gasteiger partial charge in [0.2, 0.25) is 0 Å². The molecular weight excluding hydrogens is 204 g/mol. The lowest BCUT2D eigenvalue weighted by atomic mass is 10.4. The Balaban J connectivity index is 1.87. The molecular formula is C10H14N6. The van der Waals surface area contributed by atoms with Gasteiger partial charge in [0.15, 0.2) is 0 Å². The van der Waals surface area contributed by atoms with Crippen molar-refractivity contribution in [1.82, 2.24) is 30.0 Å². The predicted molar refractivity (Wildman–Crippen MR) is 58.3 cm³/mol. The fourth-order valence-corrected chi connectivity index (χ4v) is 1.39. The van der Waals surface area contributed by atoms with Crippen molar-refractivity contribution in [1.29, 1.82) is 0 Å². The van der Waals surface area contributed by atoms with Gasteiger partial charge in [-0.15, -0.1) is 0 Å². The molecule has 2 aromatic rings. The summed E-state index contributed by atoms with van der Waals surface area (Å²) in [7, 11) is 1.87. The monoisotopic (exact) mass is 218 g/mol. The fraction of sp³-hybridized carbons (Fsp3) is 0.400. The fourth-order valence-electron chi connectivity index (χ4n) is 1.39. The minimum absolute atomic E-state index is 0.680. The SMILES string of the molecule is Cc1nccc(CNCc2ncnn2C)n1. The number of hydrogen-bond acceptors (Lipinski definition) is 5. The van der Waals surface area contributed by atoms with Gasteiger partial charge >= 0.3 is 0 Å². The molecule has 0 aliphatic rings. The van der Waals surface area contributed by atoms with E-state index >= 15 is 0 Å². The van der Waals surface area contributed by atoms with Gasteiger partial charge in [-0.2, -0.15) is 5.10 Å². The largest absolute Gasteiger partial charge is 0.304 e. The van der Waals surface area contributed by atoms with Gasteiger partial charge in [0, 0.05) is 19.8 Å². The summed E-state index contributed by atoms with van der Waals surface area (Å²) in [6, 6.07) is 1.90. The highest BCUT2D eigenvalue weighted by Crippen LogP contribution is 1.95. The summed E-state index contributed by atoms with van der Waals surface area (Å²) in [6.07, 6.45) is 3.31. The van der Waals surface area contributed by atoms with Crippen LogP contribution in [0.25, 0.3) is 0 Å². The van der Waals surface area contributed by atoms with Gasteiger partial charge in [0.25, 0.3) is 0 Å². The van der Waals surface area contributed by atoms with Gasteiger partial charge in [-0.3, -0.25) is 4.68 Å². The van der Waals surface area contributed by atoms with E-state index in [1.165, 1.54) is 0 Å². The van der Waals surface area contributed by atoms with E-state index in [-0.39, 0.29) is 0 Å². The molecule has 2 rings (SSSR count). The number of aryl methyl sites for hydroxylation is 2. The Morgan fingerprint density at radius 2 is 2.19 bits per heavy atom. The van der Waals surface area contributed by atoms with E-state index in [0.717, 1.165) is 17.3 Å². The average molecular weight is 218 g/mol. The first kappa shape index (κ1) is 10.7. The normalized spacial score (nSPS) is 10.6. The van der Waals surface area contributed by atoms with Gasteiger partial charge in [-0.25, -0.2) is 15.0 Å². The van der Waals surface area contributed by atoms with Crippen LogP contribution in [0.4, 0.5) is 0 Å². The molecule has 0 fully saturated rings. The van der Waals surface area contributed by atoms with Crippen molar-refractivity contribution in [3.05, 3.63) is 35.9 Å². The molecule has 0 amide bonds. The molecule has 0 spiro atoms. The van der Waals surface area contributed by atoms with Crippen LogP contribution in [0, 0.1) is 6.92 Å². The maximum Gasteiger partial charge on any atom is 0.140 e. The first-order valence-electron chi connectivity index (χ1n) is 5.08. The number of hydrogen-bond donors (Lipinski definition) is 1. The summed E-state index contributed by atoms with van der Waals surface area (Å²) in [5, 5.41) is 7.25. The highest BCUT2D eigenvalue weighted by Gasteiger charge is 2.00. The number of rotatable bonds is 4. The highest BCUT2D eigenvalue weighted by atomic mass is 15.3. The van der Waals surface area contributed by atoms with E-state index in [9.17, 15) is 0 Å². The van der Waals surface area contributed by atoms with Gasteiger partial charge in [-0.1, -0.05) is 0 Å². The third-order valence-electron chi connectivity index (χ3n) is 2.23. The Morgan fingerprint density at radius 1 is 1.31 bits per heavy atom. The summed E-state index contributed by atoms with van der Waals surface area (Å²) in [5.74, 6) is 1.70. The molecule has 2 heterocycles. The maximum absolute atomic E-state index is 4.30. The maximum atomic E-state index is 4.30. The van der Waals surface area contributed by atoms with E-state index < -0.39 is 0 Å². The molecule has 2 aromatic heterocycles. The molecule has 1 N–H and O–H groups in total. The topological polar surface area (TPSA) is 68.5 Å². The first-order valence-corrected chi connectivity index (χ1v) is 5.08. The van der Waals surface area contributed by atoms with Gasteiger partial charge in [0.05, 0.1) is 12.2 Å². The molecule has 16 heavy (non-hydrogen) atoms. The molecule has 0 bridgehead atoms. The van der Waals surface area contributed by atoms with Gasteiger partial charge in [-0.05, 0) is 13.0 Å². The molecule has 0 atom stereocenters. The second kappa shape index (κ2) is 4.80. The van der Waals surface area contributed by atoms with E-state index in [0.29, 0.717) is 13.1 Å². The molecule has 84 valence electrons. The number of nitrogens with one attached hydrogen (secondary N) is 1. The van der Waals surface area contributed by atoms with Gasteiger partial charge < -0.3 is 5.32 Å². The molecule has 0 aliphatic heterocycles. The lowest BCUT2D eigenvalue weighted by molar-refractivity contribution is 0.606. The van der Waals surface area contributed by atoms with Crippen LogP contribution in [0.1, 0.15) is 17.3 Å². The Kier molecular flexibility index (Phi) is 3.21. The van der Waals surface area contributed by atoms with E-state index in [4.69, 9.17) is 0 Å². The molecule has 0 aromatic carbocycles. The standard InChI is InChI=1S/C10H14N6/c1-8-12-4-3-9(15-8)5-11-6-10-13-7-14-16(10)2/h3-4,7,11H,5-6H2,1-2H3. The molecule has 0 aliphatic carbocycles. The summed E-state index contributed by atoms with van der Waals surface area (Å²) < 4.78 is 1.75. The smallest absolute Gasteiger partial charge is 0.140 e. The Hall–Kier alpha value is -1.82. The first-order chi connectivity index (χ1) is 7.75. The summed E-state index contributed by atoms with van der Waals surface area (Å²) in [4.78, 5) is 12.5. The van der Waals surface area contributed by atoms with Crippen LogP contribution in [0.3, 0.4) is 0 Å². The lowest BCUT2D eigenvalue weighted by Crippen LogP contribution is -2.17. The zero-order valence-electron chi connectivity index (χ0n) is 9.38. The van der Waals surface area contributed by atoms with E-state index in [2.05, 4.69) is 25.4 Å². The van der Waals surface area contributed by atoms with Crippen molar-refractivity contribution in [3.63, 3.8) is 0 Å². The van der Waals surface area contributed by atoms with Crippen molar-refractivity contribution < 1.29 is 0 Å². The van der Waals surface area contributed by atoms with E-state index in [1.54, 1.807) is 17.2 Å². The Bertz CT molecular complexity index is 464. The quantitative estimate of drug-likeness (QED) is 0.794. The molecule has 0 saturated heterocycles. The van der Waals surface area contributed by atoms with Crippen molar-refractivity contribution in [2.24, 2.45) is 7.05 Å². The number of nitrogens with zero attached hydrogens (tertiary/aromatic N) is 5. The van der Waals surface area contributed by atoms with Crippen LogP contribution in [0.15, 0.2) is 18.6 Å². The lowest BCUT2D eigenvalue weighted by Gasteiger charge is -2.03. The van der Waals surface area contributed by atoms with Crippen LogP contribution in [-0.2, 0) is 20.1 Å².